The van der Waals surface area contributed by atoms with Gasteiger partial charge in [0.1, 0.15) is 31.5 Å². The number of amides is 2. The molecule has 1 heterocycles. The molecule has 0 saturated heterocycles. The van der Waals surface area contributed by atoms with E-state index < -0.39 is 28.5 Å². The lowest BCUT2D eigenvalue weighted by molar-refractivity contribution is -0.140. The summed E-state index contributed by atoms with van der Waals surface area (Å²) in [6.45, 7) is 2.30. The number of nitrogens with one attached hydrogen (secondary N) is 1. The number of nitrogens with zero attached hydrogens (tertiary/aromatic N) is 2. The van der Waals surface area contributed by atoms with E-state index in [9.17, 15) is 18.0 Å². The zero-order valence-electron chi connectivity index (χ0n) is 25.8. The van der Waals surface area contributed by atoms with Gasteiger partial charge in [-0.2, -0.15) is 0 Å². The van der Waals surface area contributed by atoms with E-state index in [1.807, 2.05) is 43.3 Å². The number of likely N-dealkylation sites (N-methyl/N-ethyl adjacent to an activating group) is 1. The van der Waals surface area contributed by atoms with Gasteiger partial charge in [-0.25, -0.2) is 8.42 Å². The SMILES string of the molecule is CCNC(=O)[C@@H](Cc1ccccc1)N(Cc1cccc(OC)c1)C(=O)CN(c1ccc2c(c1)OCCO2)S(=O)(=O)c1ccccc1. The number of sulfonamides is 1. The predicted octanol–water partition coefficient (Wildman–Crippen LogP) is 4.44. The standard InChI is InChI=1S/C35H37N3O7S/c1-3-36-35(40)31(22-26-11-6-4-7-12-26)37(24-27-13-10-14-29(21-27)43-2)34(39)25-38(46(41,42)30-15-8-5-9-16-30)28-17-18-32-33(23-28)45-20-19-44-32/h4-18,21,23,31H,3,19-20,22,24-25H2,1-2H3,(H,36,40)/t31-/m1/s1. The first kappa shape index (κ1) is 32.4. The number of rotatable bonds is 13. The van der Waals surface area contributed by atoms with Gasteiger partial charge in [0, 0.05) is 25.6 Å². The highest BCUT2D eigenvalue weighted by atomic mass is 32.2. The van der Waals surface area contributed by atoms with Gasteiger partial charge in [-0.05, 0) is 54.4 Å². The molecule has 1 aliphatic rings. The lowest BCUT2D eigenvalue weighted by Gasteiger charge is -2.34. The summed E-state index contributed by atoms with van der Waals surface area (Å²) < 4.78 is 46.2. The minimum absolute atomic E-state index is 0.0154. The van der Waals surface area contributed by atoms with Gasteiger partial charge in [0.05, 0.1) is 17.7 Å². The molecular formula is C35H37N3O7S. The van der Waals surface area contributed by atoms with Crippen LogP contribution in [0.1, 0.15) is 18.1 Å². The second-order valence-corrected chi connectivity index (χ2v) is 12.5. The number of hydrogen-bond donors (Lipinski definition) is 1. The number of carbonyl (C=O) groups is 2. The lowest BCUT2D eigenvalue weighted by atomic mass is 10.0. The van der Waals surface area contributed by atoms with E-state index in [1.54, 1.807) is 61.7 Å². The molecule has 0 fully saturated rings. The molecule has 0 saturated carbocycles. The van der Waals surface area contributed by atoms with E-state index in [-0.39, 0.29) is 29.5 Å². The van der Waals surface area contributed by atoms with Gasteiger partial charge in [-0.3, -0.25) is 13.9 Å². The first-order chi connectivity index (χ1) is 22.3. The molecule has 1 aliphatic heterocycles. The molecule has 0 aromatic heterocycles. The van der Waals surface area contributed by atoms with Crippen LogP contribution in [0.2, 0.25) is 0 Å². The largest absolute Gasteiger partial charge is 0.497 e. The molecule has 4 aromatic rings. The van der Waals surface area contributed by atoms with Crippen molar-refractivity contribution in [2.45, 2.75) is 30.8 Å². The molecule has 10 nitrogen and oxygen atoms in total. The van der Waals surface area contributed by atoms with Crippen molar-refractivity contribution in [3.63, 3.8) is 0 Å². The molecular weight excluding hydrogens is 606 g/mol. The number of methoxy groups -OCH3 is 1. The quantitative estimate of drug-likeness (QED) is 0.229. The van der Waals surface area contributed by atoms with Gasteiger partial charge in [-0.1, -0.05) is 60.7 Å². The third kappa shape index (κ3) is 7.60. The minimum atomic E-state index is -4.24. The van der Waals surface area contributed by atoms with Crippen LogP contribution in [-0.2, 0) is 32.6 Å². The van der Waals surface area contributed by atoms with Crippen molar-refractivity contribution in [3.05, 3.63) is 114 Å². The van der Waals surface area contributed by atoms with Crippen LogP contribution in [0.5, 0.6) is 17.2 Å². The summed E-state index contributed by atoms with van der Waals surface area (Å²) in [6, 6.07) is 28.4. The zero-order chi connectivity index (χ0) is 32.5. The molecule has 240 valence electrons. The second kappa shape index (κ2) is 14.8. The van der Waals surface area contributed by atoms with Crippen molar-refractivity contribution in [1.82, 2.24) is 10.2 Å². The molecule has 5 rings (SSSR count). The topological polar surface area (TPSA) is 114 Å². The number of fused-ring (bicyclic) bond motifs is 1. The average molecular weight is 644 g/mol. The molecule has 46 heavy (non-hydrogen) atoms. The third-order valence-corrected chi connectivity index (χ3v) is 9.32. The number of hydrogen-bond acceptors (Lipinski definition) is 7. The average Bonchev–Trinajstić information content (AvgIpc) is 3.09. The number of ether oxygens (including phenoxy) is 3. The molecule has 1 atom stereocenters. The summed E-state index contributed by atoms with van der Waals surface area (Å²) >= 11 is 0. The third-order valence-electron chi connectivity index (χ3n) is 7.53. The second-order valence-electron chi connectivity index (χ2n) is 10.6. The Hall–Kier alpha value is -5.03. The van der Waals surface area contributed by atoms with Gasteiger partial charge >= 0.3 is 0 Å². The zero-order valence-corrected chi connectivity index (χ0v) is 26.6. The lowest BCUT2D eigenvalue weighted by Crippen LogP contribution is -2.53. The molecule has 0 spiro atoms. The van der Waals surface area contributed by atoms with Crippen molar-refractivity contribution in [3.8, 4) is 17.2 Å². The fraction of sp³-hybridized carbons (Fsp3) is 0.257. The molecule has 0 aliphatic carbocycles. The van der Waals surface area contributed by atoms with Crippen LogP contribution in [0.25, 0.3) is 0 Å². The Balaban J connectivity index is 1.58. The normalized spacial score (nSPS) is 12.9. The van der Waals surface area contributed by atoms with Gasteiger partial charge in [0.25, 0.3) is 10.0 Å². The molecule has 0 bridgehead atoms. The number of anilines is 1. The Kier molecular flexibility index (Phi) is 10.4. The highest BCUT2D eigenvalue weighted by Gasteiger charge is 2.35. The van der Waals surface area contributed by atoms with E-state index in [2.05, 4.69) is 5.32 Å². The van der Waals surface area contributed by atoms with Gasteiger partial charge < -0.3 is 24.4 Å². The van der Waals surface area contributed by atoms with Crippen LogP contribution in [0.3, 0.4) is 0 Å². The Labute approximate surface area is 269 Å². The van der Waals surface area contributed by atoms with Crippen molar-refractivity contribution in [2.75, 3.05) is 37.7 Å². The first-order valence-corrected chi connectivity index (χ1v) is 16.5. The summed E-state index contributed by atoms with van der Waals surface area (Å²) in [5.74, 6) is 0.537. The Morgan fingerprint density at radius 1 is 0.848 bits per heavy atom. The molecule has 0 radical (unpaired) electrons. The summed E-state index contributed by atoms with van der Waals surface area (Å²) in [5, 5.41) is 2.87. The van der Waals surface area contributed by atoms with Gasteiger partial charge in [0.15, 0.2) is 11.5 Å². The van der Waals surface area contributed by atoms with Crippen LogP contribution >= 0.6 is 0 Å². The molecule has 11 heteroatoms. The van der Waals surface area contributed by atoms with E-state index >= 15 is 0 Å². The van der Waals surface area contributed by atoms with Crippen molar-refractivity contribution in [1.29, 1.82) is 0 Å². The smallest absolute Gasteiger partial charge is 0.264 e. The van der Waals surface area contributed by atoms with E-state index in [0.717, 1.165) is 9.87 Å². The molecule has 1 N–H and O–H groups in total. The van der Waals surface area contributed by atoms with Gasteiger partial charge in [-0.15, -0.1) is 0 Å². The maximum absolute atomic E-state index is 14.5. The fourth-order valence-electron chi connectivity index (χ4n) is 5.25. The summed E-state index contributed by atoms with van der Waals surface area (Å²) in [7, 11) is -2.69. The Morgan fingerprint density at radius 3 is 2.22 bits per heavy atom. The van der Waals surface area contributed by atoms with Crippen LogP contribution in [0, 0.1) is 0 Å². The highest BCUT2D eigenvalue weighted by molar-refractivity contribution is 7.92. The minimum Gasteiger partial charge on any atom is -0.497 e. The number of benzene rings is 4. The van der Waals surface area contributed by atoms with Crippen LogP contribution in [0.4, 0.5) is 5.69 Å². The highest BCUT2D eigenvalue weighted by Crippen LogP contribution is 2.36. The van der Waals surface area contributed by atoms with Gasteiger partial charge in [0.2, 0.25) is 11.8 Å². The first-order valence-electron chi connectivity index (χ1n) is 15.0. The van der Waals surface area contributed by atoms with E-state index in [0.29, 0.717) is 42.6 Å². The Morgan fingerprint density at radius 2 is 1.52 bits per heavy atom. The van der Waals surface area contributed by atoms with E-state index in [1.165, 1.54) is 17.0 Å². The predicted molar refractivity (Wildman–Crippen MR) is 175 cm³/mol. The van der Waals surface area contributed by atoms with Crippen LogP contribution < -0.4 is 23.8 Å². The van der Waals surface area contributed by atoms with Crippen LogP contribution in [-0.4, -0.2) is 64.6 Å². The fourth-order valence-corrected chi connectivity index (χ4v) is 6.68. The number of carbonyl (C=O) groups excluding carboxylic acids is 2. The maximum Gasteiger partial charge on any atom is 0.264 e. The summed E-state index contributed by atoms with van der Waals surface area (Å²) in [6.07, 6.45) is 0.220. The maximum atomic E-state index is 14.5. The summed E-state index contributed by atoms with van der Waals surface area (Å²) in [5.41, 5.74) is 1.79. The van der Waals surface area contributed by atoms with Crippen molar-refractivity contribution < 1.29 is 32.2 Å². The van der Waals surface area contributed by atoms with E-state index in [4.69, 9.17) is 14.2 Å². The molecule has 4 aromatic carbocycles. The summed E-state index contributed by atoms with van der Waals surface area (Å²) in [4.78, 5) is 29.7. The van der Waals surface area contributed by atoms with Crippen molar-refractivity contribution >= 4 is 27.5 Å². The Bertz CT molecular complexity index is 1750. The molecule has 0 unspecified atom stereocenters. The molecule has 2 amide bonds. The monoisotopic (exact) mass is 643 g/mol. The van der Waals surface area contributed by atoms with Crippen molar-refractivity contribution in [2.24, 2.45) is 0 Å². The van der Waals surface area contributed by atoms with Crippen LogP contribution in [0.15, 0.2) is 108 Å².